The van der Waals surface area contributed by atoms with Gasteiger partial charge in [0.25, 0.3) is 5.91 Å². The number of rotatable bonds is 10. The lowest BCUT2D eigenvalue weighted by molar-refractivity contribution is -0.274. The molecular formula is C38H45F3N8O5Si. The molecule has 2 aliphatic rings. The SMILES string of the molecule is CC(C)[C@H](NC(=O)O)C(=O)N1C[Si](C)(C)C[C@H]1c1ncc(-c2ccc(-c3ccc(NC(=O)c4ccc(N5CCNC[C@H]5C)nc4)cc3OC(F)(F)F)cc2)[nH]1. The number of imidazole rings is 1. The van der Waals surface area contributed by atoms with Crippen molar-refractivity contribution in [3.63, 3.8) is 0 Å². The molecule has 0 aliphatic carbocycles. The lowest BCUT2D eigenvalue weighted by Gasteiger charge is -2.34. The van der Waals surface area contributed by atoms with Crippen molar-refractivity contribution in [1.82, 2.24) is 30.5 Å². The van der Waals surface area contributed by atoms with Gasteiger partial charge in [-0.15, -0.1) is 13.2 Å². The first-order chi connectivity index (χ1) is 26.0. The first-order valence-corrected chi connectivity index (χ1v) is 21.5. The highest BCUT2D eigenvalue weighted by molar-refractivity contribution is 6.78. The predicted molar refractivity (Wildman–Crippen MR) is 205 cm³/mol. The highest BCUT2D eigenvalue weighted by Gasteiger charge is 2.45. The van der Waals surface area contributed by atoms with Crippen LogP contribution in [0.5, 0.6) is 5.75 Å². The van der Waals surface area contributed by atoms with E-state index in [9.17, 15) is 32.7 Å². The van der Waals surface area contributed by atoms with E-state index < -0.39 is 38.2 Å². The molecule has 6 rings (SSSR count). The largest absolute Gasteiger partial charge is 0.573 e. The summed E-state index contributed by atoms with van der Waals surface area (Å²) in [6, 6.07) is 14.0. The summed E-state index contributed by atoms with van der Waals surface area (Å²) >= 11 is 0. The van der Waals surface area contributed by atoms with Crippen LogP contribution in [0.2, 0.25) is 19.1 Å². The van der Waals surface area contributed by atoms with Gasteiger partial charge in [0.15, 0.2) is 0 Å². The number of carbonyl (C=O) groups is 3. The van der Waals surface area contributed by atoms with Crippen LogP contribution in [0.4, 0.5) is 29.5 Å². The van der Waals surface area contributed by atoms with Crippen molar-refractivity contribution in [2.75, 3.05) is 36.0 Å². The first kappa shape index (κ1) is 39.3. The number of aromatic amines is 1. The molecule has 2 fully saturated rings. The average molecular weight is 779 g/mol. The second-order valence-corrected chi connectivity index (χ2v) is 20.2. The van der Waals surface area contributed by atoms with Crippen LogP contribution >= 0.6 is 0 Å². The number of nitrogens with zero attached hydrogens (tertiary/aromatic N) is 4. The molecule has 3 amide bonds. The predicted octanol–water partition coefficient (Wildman–Crippen LogP) is 6.51. The van der Waals surface area contributed by atoms with Crippen molar-refractivity contribution in [2.24, 2.45) is 5.92 Å². The number of H-pyrrole nitrogens is 1. The normalized spacial score (nSPS) is 18.9. The third-order valence-electron chi connectivity index (χ3n) is 9.90. The minimum atomic E-state index is -4.99. The third-order valence-corrected chi connectivity index (χ3v) is 12.6. The Morgan fingerprint density at radius 1 is 1.02 bits per heavy atom. The number of pyridine rings is 1. The van der Waals surface area contributed by atoms with Crippen molar-refractivity contribution in [3.8, 4) is 28.1 Å². The standard InChI is InChI=1S/C38H45F3N8O5Si/c1-22(2)33(47-37(52)53)36(51)49-21-55(4,5)20-30(49)34-44-19-29(46-34)25-8-6-24(7-9-25)28-12-11-27(16-31(28)54-38(39,40)41)45-35(50)26-10-13-32(43-18-26)48-15-14-42-17-23(48)3/h6-13,16,18-19,22-23,30,33,42,47H,14-15,17,20-21H2,1-5H3,(H,44,46)(H,45,50)(H,52,53)/t23-,30+,33+/m1/s1. The molecule has 2 saturated heterocycles. The number of anilines is 2. The Balaban J connectivity index is 1.19. The van der Waals surface area contributed by atoms with Crippen LogP contribution in [0, 0.1) is 5.92 Å². The van der Waals surface area contributed by atoms with Gasteiger partial charge in [-0.1, -0.05) is 51.2 Å². The summed E-state index contributed by atoms with van der Waals surface area (Å²) in [4.78, 5) is 54.4. The van der Waals surface area contributed by atoms with Crippen LogP contribution in [0.25, 0.3) is 22.4 Å². The first-order valence-electron chi connectivity index (χ1n) is 18.1. The number of aromatic nitrogens is 3. The van der Waals surface area contributed by atoms with E-state index in [1.165, 1.54) is 18.3 Å². The number of carbonyl (C=O) groups excluding carboxylic acids is 2. The quantitative estimate of drug-likeness (QED) is 0.113. The maximum Gasteiger partial charge on any atom is 0.573 e. The molecule has 13 nitrogen and oxygen atoms in total. The van der Waals surface area contributed by atoms with Gasteiger partial charge in [0, 0.05) is 55.4 Å². The van der Waals surface area contributed by atoms with E-state index in [0.717, 1.165) is 37.6 Å². The number of alkyl halides is 3. The summed E-state index contributed by atoms with van der Waals surface area (Å²) < 4.78 is 45.2. The second kappa shape index (κ2) is 15.7. The van der Waals surface area contributed by atoms with Crippen molar-refractivity contribution < 1.29 is 37.4 Å². The number of hydrogen-bond donors (Lipinski definition) is 5. The van der Waals surface area contributed by atoms with Gasteiger partial charge in [0.05, 0.1) is 31.6 Å². The molecule has 55 heavy (non-hydrogen) atoms. The number of ether oxygens (including phenoxy) is 1. The van der Waals surface area contributed by atoms with E-state index in [1.807, 2.05) is 0 Å². The van der Waals surface area contributed by atoms with E-state index in [2.05, 4.69) is 60.6 Å². The maximum absolute atomic E-state index is 13.6. The van der Waals surface area contributed by atoms with Gasteiger partial charge in [-0.05, 0) is 54.3 Å². The van der Waals surface area contributed by atoms with Gasteiger partial charge in [0.1, 0.15) is 23.4 Å². The molecule has 0 radical (unpaired) electrons. The zero-order chi connectivity index (χ0) is 39.7. The molecule has 4 heterocycles. The van der Waals surface area contributed by atoms with Gasteiger partial charge < -0.3 is 40.6 Å². The van der Waals surface area contributed by atoms with Gasteiger partial charge in [-0.2, -0.15) is 0 Å². The molecule has 4 aromatic rings. The summed E-state index contributed by atoms with van der Waals surface area (Å²) in [6.45, 7) is 12.4. The number of halogens is 3. The number of piperazine rings is 1. The fourth-order valence-corrected chi connectivity index (χ4v) is 10.1. The fraction of sp³-hybridized carbons (Fsp3) is 0.395. The van der Waals surface area contributed by atoms with Crippen molar-refractivity contribution >= 4 is 37.5 Å². The zero-order valence-corrected chi connectivity index (χ0v) is 32.2. The van der Waals surface area contributed by atoms with Crippen molar-refractivity contribution in [2.45, 2.75) is 64.4 Å². The minimum Gasteiger partial charge on any atom is -0.465 e. The van der Waals surface area contributed by atoms with Gasteiger partial charge in [-0.3, -0.25) is 9.59 Å². The Morgan fingerprint density at radius 3 is 2.38 bits per heavy atom. The van der Waals surface area contributed by atoms with Gasteiger partial charge in [-0.25, -0.2) is 14.8 Å². The monoisotopic (exact) mass is 778 g/mol. The Hall–Kier alpha value is -5.42. The van der Waals surface area contributed by atoms with E-state index in [0.29, 0.717) is 28.8 Å². The van der Waals surface area contributed by atoms with Crippen LogP contribution < -0.4 is 25.6 Å². The lowest BCUT2D eigenvalue weighted by Crippen LogP contribution is -2.51. The van der Waals surface area contributed by atoms with Crippen LogP contribution in [0.15, 0.2) is 67.0 Å². The molecule has 0 bridgehead atoms. The molecular weight excluding hydrogens is 734 g/mol. The highest BCUT2D eigenvalue weighted by Crippen LogP contribution is 2.39. The third kappa shape index (κ3) is 9.28. The molecule has 0 unspecified atom stereocenters. The van der Waals surface area contributed by atoms with Crippen LogP contribution in [-0.2, 0) is 4.79 Å². The number of hydrogen-bond acceptors (Lipinski definition) is 8. The maximum atomic E-state index is 13.6. The summed E-state index contributed by atoms with van der Waals surface area (Å²) in [5.74, 6) is -0.268. The number of amides is 3. The smallest absolute Gasteiger partial charge is 0.465 e. The molecule has 17 heteroatoms. The summed E-state index contributed by atoms with van der Waals surface area (Å²) in [5, 5.41) is 17.7. The molecule has 0 saturated carbocycles. The zero-order valence-electron chi connectivity index (χ0n) is 31.2. The van der Waals surface area contributed by atoms with E-state index in [-0.39, 0.29) is 40.7 Å². The molecule has 2 aromatic heterocycles. The molecule has 3 atom stereocenters. The Morgan fingerprint density at radius 2 is 1.75 bits per heavy atom. The molecule has 2 aromatic carbocycles. The van der Waals surface area contributed by atoms with Gasteiger partial charge >= 0.3 is 12.5 Å². The van der Waals surface area contributed by atoms with Crippen LogP contribution in [0.1, 0.15) is 43.0 Å². The highest BCUT2D eigenvalue weighted by atomic mass is 28.3. The minimum absolute atomic E-state index is 0.110. The molecule has 292 valence electrons. The molecule has 5 N–H and O–H groups in total. The Kier molecular flexibility index (Phi) is 11.2. The fourth-order valence-electron chi connectivity index (χ4n) is 7.18. The van der Waals surface area contributed by atoms with Crippen molar-refractivity contribution in [3.05, 3.63) is 78.4 Å². The summed E-state index contributed by atoms with van der Waals surface area (Å²) in [5.41, 5.74) is 2.30. The number of nitrogens with one attached hydrogen (secondary N) is 4. The topological polar surface area (TPSA) is 165 Å². The van der Waals surface area contributed by atoms with E-state index in [4.69, 9.17) is 0 Å². The van der Waals surface area contributed by atoms with Crippen LogP contribution in [0.3, 0.4) is 0 Å². The lowest BCUT2D eigenvalue weighted by atomic mass is 10.0. The van der Waals surface area contributed by atoms with Gasteiger partial charge in [0.2, 0.25) is 5.91 Å². The summed E-state index contributed by atoms with van der Waals surface area (Å²) in [6.07, 6.45) is -2.62. The second-order valence-electron chi connectivity index (χ2n) is 15.1. The average Bonchev–Trinajstić information content (AvgIpc) is 3.74. The molecule has 2 aliphatic heterocycles. The van der Waals surface area contributed by atoms with E-state index >= 15 is 0 Å². The van der Waals surface area contributed by atoms with Crippen molar-refractivity contribution in [1.29, 1.82) is 0 Å². The Labute approximate surface area is 317 Å². The number of benzene rings is 2. The summed E-state index contributed by atoms with van der Waals surface area (Å²) in [7, 11) is -1.86. The Bertz CT molecular complexity index is 2020. The van der Waals surface area contributed by atoms with E-state index in [1.54, 1.807) is 61.3 Å². The van der Waals surface area contributed by atoms with Crippen LogP contribution in [-0.4, -0.2) is 95.2 Å². The molecule has 0 spiro atoms. The number of carboxylic acid groups (broad SMARTS) is 1.